The maximum absolute atomic E-state index is 13.7. The summed E-state index contributed by atoms with van der Waals surface area (Å²) in [4.78, 5) is 0. The number of ether oxygens (including phenoxy) is 1. The van der Waals surface area contributed by atoms with Crippen LogP contribution in [0.3, 0.4) is 0 Å². The molecule has 2 N–H and O–H groups in total. The Balaban J connectivity index is 2.18. The largest absolute Gasteiger partial charge is 0.454 e. The lowest BCUT2D eigenvalue weighted by molar-refractivity contribution is 0.441. The molecule has 2 rings (SSSR count). The standard InChI is InChI=1S/C16H16Br2FNO/c1-2-12(20)7-10-3-5-13(9-14(10)18)21-16-8-11(17)4-6-15(16)19/h3-6,8-9,12H,2,7,20H2,1H3. The molecule has 0 radical (unpaired) electrons. The second-order valence-electron chi connectivity index (χ2n) is 4.80. The minimum atomic E-state index is -0.397. The second kappa shape index (κ2) is 7.38. The fourth-order valence-electron chi connectivity index (χ4n) is 1.87. The Hall–Kier alpha value is -0.910. The summed E-state index contributed by atoms with van der Waals surface area (Å²) >= 11 is 6.81. The van der Waals surface area contributed by atoms with Crippen LogP contribution in [0.15, 0.2) is 45.3 Å². The molecule has 112 valence electrons. The van der Waals surface area contributed by atoms with Crippen LogP contribution in [-0.2, 0) is 6.42 Å². The summed E-state index contributed by atoms with van der Waals surface area (Å²) in [7, 11) is 0. The predicted molar refractivity (Wildman–Crippen MR) is 90.3 cm³/mol. The van der Waals surface area contributed by atoms with Crippen LogP contribution in [0.4, 0.5) is 4.39 Å². The molecule has 0 bridgehead atoms. The van der Waals surface area contributed by atoms with E-state index in [0.29, 0.717) is 5.75 Å². The summed E-state index contributed by atoms with van der Waals surface area (Å²) < 4.78 is 21.0. The molecule has 2 aromatic carbocycles. The third kappa shape index (κ3) is 4.53. The predicted octanol–water partition coefficient (Wildman–Crippen LogP) is 5.42. The maximum atomic E-state index is 13.7. The van der Waals surface area contributed by atoms with Crippen molar-refractivity contribution < 1.29 is 9.13 Å². The number of benzene rings is 2. The monoisotopic (exact) mass is 415 g/mol. The fraction of sp³-hybridized carbons (Fsp3) is 0.250. The van der Waals surface area contributed by atoms with E-state index in [9.17, 15) is 4.39 Å². The molecule has 0 amide bonds. The zero-order chi connectivity index (χ0) is 15.4. The summed E-state index contributed by atoms with van der Waals surface area (Å²) in [6, 6.07) is 10.3. The third-order valence-electron chi connectivity index (χ3n) is 3.15. The van der Waals surface area contributed by atoms with Gasteiger partial charge in [-0.3, -0.25) is 0 Å². The Bertz CT molecular complexity index is 634. The van der Waals surface area contributed by atoms with Crippen LogP contribution in [0.5, 0.6) is 11.5 Å². The van der Waals surface area contributed by atoms with Crippen LogP contribution in [0.2, 0.25) is 0 Å². The van der Waals surface area contributed by atoms with Gasteiger partial charge in [0.25, 0.3) is 0 Å². The molecule has 0 fully saturated rings. The van der Waals surface area contributed by atoms with Crippen molar-refractivity contribution >= 4 is 31.9 Å². The normalized spacial score (nSPS) is 12.2. The Morgan fingerprint density at radius 2 is 1.95 bits per heavy atom. The van der Waals surface area contributed by atoms with Crippen molar-refractivity contribution in [2.75, 3.05) is 0 Å². The lowest BCUT2D eigenvalue weighted by atomic mass is 10.0. The molecule has 0 spiro atoms. The molecule has 21 heavy (non-hydrogen) atoms. The molecule has 0 aliphatic heterocycles. The first kappa shape index (κ1) is 16.5. The van der Waals surface area contributed by atoms with E-state index in [1.165, 1.54) is 6.07 Å². The van der Waals surface area contributed by atoms with Crippen LogP contribution >= 0.6 is 31.9 Å². The Labute approximate surface area is 140 Å². The summed E-state index contributed by atoms with van der Waals surface area (Å²) in [5.74, 6) is 0.369. The first-order valence-electron chi connectivity index (χ1n) is 6.66. The van der Waals surface area contributed by atoms with Crippen molar-refractivity contribution in [2.45, 2.75) is 25.8 Å². The minimum Gasteiger partial charge on any atom is -0.454 e. The summed E-state index contributed by atoms with van der Waals surface area (Å²) in [6.07, 6.45) is 1.72. The van der Waals surface area contributed by atoms with Gasteiger partial charge >= 0.3 is 0 Å². The van der Waals surface area contributed by atoms with Gasteiger partial charge in [-0.1, -0.05) is 44.8 Å². The van der Waals surface area contributed by atoms with E-state index in [-0.39, 0.29) is 11.8 Å². The Morgan fingerprint density at radius 3 is 2.62 bits per heavy atom. The van der Waals surface area contributed by atoms with Crippen molar-refractivity contribution in [2.24, 2.45) is 5.73 Å². The van der Waals surface area contributed by atoms with E-state index in [1.54, 1.807) is 12.1 Å². The zero-order valence-corrected chi connectivity index (χ0v) is 14.7. The van der Waals surface area contributed by atoms with Gasteiger partial charge in [-0.05, 0) is 48.7 Å². The number of hydrogen-bond donors (Lipinski definition) is 1. The number of rotatable bonds is 5. The van der Waals surface area contributed by atoms with Crippen LogP contribution in [0.25, 0.3) is 0 Å². The fourth-order valence-corrected chi connectivity index (χ4v) is 2.73. The van der Waals surface area contributed by atoms with E-state index in [1.807, 2.05) is 18.2 Å². The van der Waals surface area contributed by atoms with Gasteiger partial charge in [-0.25, -0.2) is 4.39 Å². The van der Waals surface area contributed by atoms with Crippen LogP contribution in [-0.4, -0.2) is 6.04 Å². The summed E-state index contributed by atoms with van der Waals surface area (Å²) in [5, 5.41) is 0. The highest BCUT2D eigenvalue weighted by Crippen LogP contribution is 2.30. The average molecular weight is 417 g/mol. The minimum absolute atomic E-state index is 0.135. The van der Waals surface area contributed by atoms with Crippen molar-refractivity contribution in [3.63, 3.8) is 0 Å². The average Bonchev–Trinajstić information content (AvgIpc) is 2.45. The highest BCUT2D eigenvalue weighted by atomic mass is 79.9. The van der Waals surface area contributed by atoms with Crippen LogP contribution in [0.1, 0.15) is 18.9 Å². The van der Waals surface area contributed by atoms with Gasteiger partial charge in [0.1, 0.15) is 5.75 Å². The lowest BCUT2D eigenvalue weighted by Crippen LogP contribution is -2.21. The summed E-state index contributed by atoms with van der Waals surface area (Å²) in [6.45, 7) is 2.06. The number of nitrogens with two attached hydrogens (primary N) is 1. The van der Waals surface area contributed by atoms with Crippen LogP contribution in [0, 0.1) is 5.82 Å². The van der Waals surface area contributed by atoms with Crippen molar-refractivity contribution in [1.29, 1.82) is 0 Å². The van der Waals surface area contributed by atoms with E-state index in [4.69, 9.17) is 10.5 Å². The highest BCUT2D eigenvalue weighted by molar-refractivity contribution is 9.10. The van der Waals surface area contributed by atoms with Gasteiger partial charge in [0, 0.05) is 15.0 Å². The molecule has 1 atom stereocenters. The molecule has 0 saturated carbocycles. The molecule has 2 nitrogen and oxygen atoms in total. The van der Waals surface area contributed by atoms with Gasteiger partial charge in [-0.2, -0.15) is 0 Å². The maximum Gasteiger partial charge on any atom is 0.165 e. The van der Waals surface area contributed by atoms with E-state index in [0.717, 1.165) is 27.4 Å². The molecule has 1 unspecified atom stereocenters. The number of halogens is 3. The molecule has 0 heterocycles. The number of hydrogen-bond acceptors (Lipinski definition) is 2. The van der Waals surface area contributed by atoms with Crippen molar-refractivity contribution in [1.82, 2.24) is 0 Å². The molecule has 0 aliphatic carbocycles. The first-order valence-corrected chi connectivity index (χ1v) is 8.25. The van der Waals surface area contributed by atoms with Gasteiger partial charge < -0.3 is 10.5 Å². The highest BCUT2D eigenvalue weighted by Gasteiger charge is 2.09. The molecule has 0 aromatic heterocycles. The van der Waals surface area contributed by atoms with Gasteiger partial charge in [0.2, 0.25) is 0 Å². The van der Waals surface area contributed by atoms with E-state index < -0.39 is 5.82 Å². The van der Waals surface area contributed by atoms with E-state index in [2.05, 4.69) is 38.8 Å². The quantitative estimate of drug-likeness (QED) is 0.705. The smallest absolute Gasteiger partial charge is 0.165 e. The Morgan fingerprint density at radius 1 is 1.19 bits per heavy atom. The Kier molecular flexibility index (Phi) is 5.79. The van der Waals surface area contributed by atoms with Crippen LogP contribution < -0.4 is 10.5 Å². The van der Waals surface area contributed by atoms with Gasteiger partial charge in [-0.15, -0.1) is 0 Å². The van der Waals surface area contributed by atoms with Gasteiger partial charge in [0.05, 0.1) is 0 Å². The molecule has 0 saturated heterocycles. The zero-order valence-electron chi connectivity index (χ0n) is 11.6. The molecule has 5 heteroatoms. The molecular weight excluding hydrogens is 401 g/mol. The summed E-state index contributed by atoms with van der Waals surface area (Å²) in [5.41, 5.74) is 7.08. The third-order valence-corrected chi connectivity index (χ3v) is 4.38. The molecular formula is C16H16Br2FNO. The second-order valence-corrected chi connectivity index (χ2v) is 6.57. The topological polar surface area (TPSA) is 35.2 Å². The molecule has 2 aromatic rings. The SMILES string of the molecule is CCC(N)Cc1ccc(Oc2cc(Br)ccc2F)cc1Br. The van der Waals surface area contributed by atoms with Crippen molar-refractivity contribution in [3.05, 3.63) is 56.7 Å². The van der Waals surface area contributed by atoms with E-state index >= 15 is 0 Å². The first-order chi connectivity index (χ1) is 9.99. The van der Waals surface area contributed by atoms with Crippen molar-refractivity contribution in [3.8, 4) is 11.5 Å². The lowest BCUT2D eigenvalue weighted by Gasteiger charge is -2.12. The van der Waals surface area contributed by atoms with Gasteiger partial charge in [0.15, 0.2) is 11.6 Å². The molecule has 0 aliphatic rings.